The van der Waals surface area contributed by atoms with Gasteiger partial charge in [0.2, 0.25) is 0 Å². The van der Waals surface area contributed by atoms with E-state index in [1.807, 2.05) is 41.3 Å². The van der Waals surface area contributed by atoms with E-state index in [2.05, 4.69) is 21.2 Å². The highest BCUT2D eigenvalue weighted by Gasteiger charge is 2.44. The van der Waals surface area contributed by atoms with Gasteiger partial charge in [-0.25, -0.2) is 0 Å². The minimum atomic E-state index is -4.91. The Balaban J connectivity index is 1.81. The van der Waals surface area contributed by atoms with Crippen LogP contribution in [0.3, 0.4) is 0 Å². The van der Waals surface area contributed by atoms with E-state index in [9.17, 15) is 18.0 Å². The molecule has 2 aromatic rings. The second kappa shape index (κ2) is 6.74. The fourth-order valence-corrected chi connectivity index (χ4v) is 4.14. The van der Waals surface area contributed by atoms with Crippen LogP contribution in [0.25, 0.3) is 0 Å². The van der Waals surface area contributed by atoms with Gasteiger partial charge < -0.3 is 15.0 Å². The smallest absolute Gasteiger partial charge is 0.455 e. The van der Waals surface area contributed by atoms with Crippen LogP contribution in [0, 0.1) is 0 Å². The van der Waals surface area contributed by atoms with E-state index < -0.39 is 24.2 Å². The van der Waals surface area contributed by atoms with Gasteiger partial charge in [-0.1, -0.05) is 34.1 Å². The molecule has 0 saturated carbocycles. The van der Waals surface area contributed by atoms with Gasteiger partial charge in [-0.3, -0.25) is 4.79 Å². The number of benzene rings is 2. The molecule has 2 atom stereocenters. The molecule has 0 unspecified atom stereocenters. The number of fused-ring (bicyclic) bond motifs is 5. The summed E-state index contributed by atoms with van der Waals surface area (Å²) in [5.41, 5.74) is 1.55. The second-order valence-corrected chi connectivity index (χ2v) is 7.53. The van der Waals surface area contributed by atoms with Crippen molar-refractivity contribution in [2.24, 2.45) is 0 Å². The first-order valence-corrected chi connectivity index (χ1v) is 9.34. The Hall–Kier alpha value is -2.22. The summed E-state index contributed by atoms with van der Waals surface area (Å²) in [5, 5.41) is 2.20. The van der Waals surface area contributed by atoms with Gasteiger partial charge in [0.1, 0.15) is 5.75 Å². The summed E-state index contributed by atoms with van der Waals surface area (Å²) in [6.45, 7) is 0.657. The number of carbonyl (C=O) groups is 1. The first-order chi connectivity index (χ1) is 12.8. The zero-order valence-corrected chi connectivity index (χ0v) is 15.7. The minimum Gasteiger partial charge on any atom is -0.455 e. The molecule has 1 amide bonds. The highest BCUT2D eigenvalue weighted by atomic mass is 79.9. The molecule has 4 rings (SSSR count). The van der Waals surface area contributed by atoms with Crippen LogP contribution in [-0.2, 0) is 4.79 Å². The topological polar surface area (TPSA) is 41.6 Å². The highest BCUT2D eigenvalue weighted by molar-refractivity contribution is 9.10. The summed E-state index contributed by atoms with van der Waals surface area (Å²) < 4.78 is 45.4. The van der Waals surface area contributed by atoms with Gasteiger partial charge in [-0.2, -0.15) is 13.2 Å². The number of anilines is 1. The number of nitrogens with zero attached hydrogens (tertiary/aromatic N) is 1. The van der Waals surface area contributed by atoms with E-state index in [0.29, 0.717) is 30.9 Å². The number of carbonyl (C=O) groups excluding carboxylic acids is 1. The van der Waals surface area contributed by atoms with Gasteiger partial charge in [0.15, 0.2) is 5.75 Å². The van der Waals surface area contributed by atoms with Crippen LogP contribution < -0.4 is 15.0 Å². The zero-order valence-electron chi connectivity index (χ0n) is 14.1. The molecule has 0 bridgehead atoms. The number of para-hydroxylation sites is 1. The molecule has 2 aromatic carbocycles. The normalized spacial score (nSPS) is 21.3. The van der Waals surface area contributed by atoms with Crippen molar-refractivity contribution in [1.82, 2.24) is 5.32 Å². The lowest BCUT2D eigenvalue weighted by molar-refractivity contribution is -0.174. The van der Waals surface area contributed by atoms with Crippen molar-refractivity contribution < 1.29 is 22.7 Å². The van der Waals surface area contributed by atoms with Gasteiger partial charge in [-0.15, -0.1) is 0 Å². The largest absolute Gasteiger partial charge is 0.471 e. The molecule has 8 heteroatoms. The maximum Gasteiger partial charge on any atom is 0.471 e. The quantitative estimate of drug-likeness (QED) is 0.682. The molecule has 4 nitrogen and oxygen atoms in total. The molecule has 2 aliphatic heterocycles. The molecule has 1 saturated heterocycles. The van der Waals surface area contributed by atoms with E-state index >= 15 is 0 Å². The molecule has 1 fully saturated rings. The number of nitrogens with one attached hydrogen (secondary N) is 1. The minimum absolute atomic E-state index is 0.447. The van der Waals surface area contributed by atoms with Gasteiger partial charge >= 0.3 is 12.1 Å². The average Bonchev–Trinajstić information content (AvgIpc) is 2.76. The summed E-state index contributed by atoms with van der Waals surface area (Å²) in [4.78, 5) is 13.6. The highest BCUT2D eigenvalue weighted by Crippen LogP contribution is 2.48. The second-order valence-electron chi connectivity index (χ2n) is 6.61. The van der Waals surface area contributed by atoms with Crippen molar-refractivity contribution in [3.8, 4) is 11.5 Å². The monoisotopic (exact) mass is 440 g/mol. The van der Waals surface area contributed by atoms with Crippen LogP contribution in [0.4, 0.5) is 18.9 Å². The van der Waals surface area contributed by atoms with Crippen LogP contribution >= 0.6 is 15.9 Å². The van der Waals surface area contributed by atoms with Gasteiger partial charge in [0.05, 0.1) is 17.8 Å². The number of alkyl halides is 3. The lowest BCUT2D eigenvalue weighted by Crippen LogP contribution is -2.52. The Kier molecular flexibility index (Phi) is 4.53. The number of rotatable bonds is 1. The maximum atomic E-state index is 12.8. The number of amides is 1. The number of ether oxygens (including phenoxy) is 1. The summed E-state index contributed by atoms with van der Waals surface area (Å²) >= 11 is 3.45. The van der Waals surface area contributed by atoms with Crippen molar-refractivity contribution in [2.75, 3.05) is 11.4 Å². The predicted octanol–water partition coefficient (Wildman–Crippen LogP) is 4.94. The Morgan fingerprint density at radius 1 is 1.19 bits per heavy atom. The van der Waals surface area contributed by atoms with E-state index in [4.69, 9.17) is 4.74 Å². The van der Waals surface area contributed by atoms with E-state index in [1.54, 1.807) is 6.07 Å². The third-order valence-corrected chi connectivity index (χ3v) is 5.39. The molecule has 2 aliphatic rings. The molecule has 0 aromatic heterocycles. The van der Waals surface area contributed by atoms with E-state index in [1.165, 1.54) is 0 Å². The predicted molar refractivity (Wildman–Crippen MR) is 98.0 cm³/mol. The van der Waals surface area contributed by atoms with Gasteiger partial charge in [-0.05, 0) is 37.1 Å². The van der Waals surface area contributed by atoms with Crippen molar-refractivity contribution in [3.63, 3.8) is 0 Å². The number of piperidine rings is 1. The van der Waals surface area contributed by atoms with Crippen LogP contribution in [0.2, 0.25) is 0 Å². The standard InChI is InChI=1S/C19H16BrF3N2O2/c20-11-7-8-16-14(10-11)25-9-3-5-13(24-18(26)19(21,22)23)17(25)12-4-1-2-6-15(12)27-16/h1-2,4,6-8,10,13,17H,3,5,9H2,(H,24,26)/t13-,17-/m1/s1. The molecule has 1 N–H and O–H groups in total. The molecular formula is C19H16BrF3N2O2. The van der Waals surface area contributed by atoms with E-state index in [0.717, 1.165) is 15.7 Å². The molecular weight excluding hydrogens is 425 g/mol. The average molecular weight is 441 g/mol. The Bertz CT molecular complexity index is 887. The number of hydrogen-bond acceptors (Lipinski definition) is 3. The number of hydrogen-bond donors (Lipinski definition) is 1. The van der Waals surface area contributed by atoms with Crippen LogP contribution in [0.5, 0.6) is 11.5 Å². The number of halogens is 4. The summed E-state index contributed by atoms with van der Waals surface area (Å²) in [7, 11) is 0. The Morgan fingerprint density at radius 2 is 1.96 bits per heavy atom. The molecule has 142 valence electrons. The third kappa shape index (κ3) is 3.38. The fraction of sp³-hybridized carbons (Fsp3) is 0.316. The van der Waals surface area contributed by atoms with Crippen molar-refractivity contribution in [2.45, 2.75) is 31.1 Å². The van der Waals surface area contributed by atoms with Crippen LogP contribution in [0.1, 0.15) is 24.4 Å². The van der Waals surface area contributed by atoms with Gasteiger partial charge in [0.25, 0.3) is 0 Å². The first kappa shape index (κ1) is 18.2. The Labute approximate surface area is 162 Å². The molecule has 27 heavy (non-hydrogen) atoms. The van der Waals surface area contributed by atoms with Gasteiger partial charge in [0, 0.05) is 16.6 Å². The fourth-order valence-electron chi connectivity index (χ4n) is 3.79. The molecule has 2 heterocycles. The SMILES string of the molecule is O=C(N[C@@H]1CCCN2c3cc(Br)ccc3Oc3ccccc3[C@H]12)C(F)(F)F. The first-order valence-electron chi connectivity index (χ1n) is 8.55. The lowest BCUT2D eigenvalue weighted by Gasteiger charge is -2.42. The maximum absolute atomic E-state index is 12.8. The molecule has 0 aliphatic carbocycles. The summed E-state index contributed by atoms with van der Waals surface area (Å²) in [5.74, 6) is -0.691. The summed E-state index contributed by atoms with van der Waals surface area (Å²) in [6, 6.07) is 11.7. The van der Waals surface area contributed by atoms with Crippen molar-refractivity contribution >= 4 is 27.5 Å². The molecule has 0 spiro atoms. The third-order valence-electron chi connectivity index (χ3n) is 4.89. The van der Waals surface area contributed by atoms with Crippen molar-refractivity contribution in [3.05, 3.63) is 52.5 Å². The van der Waals surface area contributed by atoms with E-state index in [-0.39, 0.29) is 0 Å². The van der Waals surface area contributed by atoms with Crippen molar-refractivity contribution in [1.29, 1.82) is 0 Å². The lowest BCUT2D eigenvalue weighted by atomic mass is 9.89. The van der Waals surface area contributed by atoms with Crippen LogP contribution in [0.15, 0.2) is 46.9 Å². The molecule has 0 radical (unpaired) electrons. The van der Waals surface area contributed by atoms with Crippen LogP contribution in [-0.4, -0.2) is 24.7 Å². The Morgan fingerprint density at radius 3 is 2.74 bits per heavy atom. The summed E-state index contributed by atoms with van der Waals surface area (Å²) in [6.07, 6.45) is -3.79. The zero-order chi connectivity index (χ0) is 19.2.